The first kappa shape index (κ1) is 20.4. The van der Waals surface area contributed by atoms with Crippen molar-refractivity contribution in [1.82, 2.24) is 4.57 Å². The number of aryl methyl sites for hydroxylation is 1. The summed E-state index contributed by atoms with van der Waals surface area (Å²) in [5, 5.41) is 40.7. The van der Waals surface area contributed by atoms with E-state index < -0.39 is 28.9 Å². The van der Waals surface area contributed by atoms with Crippen LogP contribution in [0.1, 0.15) is 29.0 Å². The normalized spacial score (nSPS) is 27.4. The van der Waals surface area contributed by atoms with Crippen molar-refractivity contribution in [2.45, 2.75) is 48.7 Å². The van der Waals surface area contributed by atoms with Crippen LogP contribution in [0, 0.1) is 0 Å². The molecular weight excluding hydrogens is 386 g/mol. The van der Waals surface area contributed by atoms with Gasteiger partial charge in [-0.05, 0) is 35.6 Å². The molecule has 3 aromatic rings. The number of thioether (sulfide) groups is 1. The number of nitrogens with zero attached hydrogens (tertiary/aromatic N) is 1. The van der Waals surface area contributed by atoms with Crippen LogP contribution < -0.4 is 0 Å². The molecule has 1 fully saturated rings. The second-order valence-corrected chi connectivity index (χ2v) is 9.01. The number of hydrogen-bond acceptors (Lipinski definition) is 5. The summed E-state index contributed by atoms with van der Waals surface area (Å²) in [4.78, 5) is 0. The topological polar surface area (TPSA) is 85.9 Å². The molecule has 1 aliphatic rings. The van der Waals surface area contributed by atoms with Gasteiger partial charge < -0.3 is 25.0 Å². The molecule has 0 radical (unpaired) electrons. The van der Waals surface area contributed by atoms with E-state index in [2.05, 4.69) is 37.3 Å². The van der Waals surface area contributed by atoms with E-state index in [0.717, 1.165) is 29.3 Å². The summed E-state index contributed by atoms with van der Waals surface area (Å²) in [5.74, 6) is 0. The van der Waals surface area contributed by atoms with Crippen molar-refractivity contribution in [2.24, 2.45) is 0 Å². The summed E-state index contributed by atoms with van der Waals surface area (Å²) in [6.45, 7) is 1.88. The summed E-state index contributed by atoms with van der Waals surface area (Å²) in [5.41, 5.74) is 4.62. The Morgan fingerprint density at radius 1 is 0.897 bits per heavy atom. The van der Waals surface area contributed by atoms with E-state index in [-0.39, 0.29) is 6.61 Å². The molecule has 2 heterocycles. The zero-order valence-electron chi connectivity index (χ0n) is 16.3. The molecule has 1 saturated heterocycles. The van der Waals surface area contributed by atoms with Crippen LogP contribution in [-0.4, -0.2) is 55.2 Å². The van der Waals surface area contributed by atoms with Crippen molar-refractivity contribution in [3.8, 4) is 0 Å². The Bertz CT molecular complexity index is 969. The molecule has 5 atom stereocenters. The molecule has 0 saturated carbocycles. The summed E-state index contributed by atoms with van der Waals surface area (Å²) >= 11 is 1.30. The van der Waals surface area contributed by atoms with Crippen LogP contribution in [0.3, 0.4) is 0 Å². The highest BCUT2D eigenvalue weighted by Gasteiger charge is 2.44. The monoisotopic (exact) mass is 413 g/mol. The van der Waals surface area contributed by atoms with Crippen molar-refractivity contribution in [3.63, 3.8) is 0 Å². The summed E-state index contributed by atoms with van der Waals surface area (Å²) in [6, 6.07) is 16.6. The number of benzene rings is 2. The minimum atomic E-state index is -1.30. The molecule has 0 unspecified atom stereocenters. The molecule has 1 aliphatic heterocycles. The lowest BCUT2D eigenvalue weighted by molar-refractivity contribution is -0.0764. The van der Waals surface area contributed by atoms with E-state index in [9.17, 15) is 20.4 Å². The molecule has 0 amide bonds. The zero-order valence-corrected chi connectivity index (χ0v) is 17.2. The molecule has 154 valence electrons. The van der Waals surface area contributed by atoms with E-state index in [1.165, 1.54) is 22.9 Å². The molecule has 2 aromatic carbocycles. The largest absolute Gasteiger partial charge is 0.395 e. The fourth-order valence-corrected chi connectivity index (χ4v) is 5.45. The molecule has 5 nitrogen and oxygen atoms in total. The van der Waals surface area contributed by atoms with Crippen LogP contribution in [0.15, 0.2) is 54.7 Å². The summed E-state index contributed by atoms with van der Waals surface area (Å²) in [7, 11) is 0. The standard InChI is InChI=1S/C23H27NO4S/c1-2-14-7-9-15(10-8-14)11-16-12-24(18-6-4-3-5-17(16)18)23-22(28)21(27)20(26)19(13-25)29-23/h3-10,12,19-23,25-28H,2,11,13H2,1H3/t19-,20-,21+,22-,23-/m1/s1. The SMILES string of the molecule is CCc1ccc(Cc2cn([C@@H]3S[C@H](CO)[C@@H](O)[C@H](O)[C@H]3O)c3ccccc23)cc1. The summed E-state index contributed by atoms with van der Waals surface area (Å²) in [6.07, 6.45) is 0.207. The fourth-order valence-electron chi connectivity index (χ4n) is 4.05. The van der Waals surface area contributed by atoms with E-state index in [1.54, 1.807) is 0 Å². The number of rotatable bonds is 5. The molecule has 0 aliphatic carbocycles. The highest BCUT2D eigenvalue weighted by atomic mass is 32.2. The van der Waals surface area contributed by atoms with Gasteiger partial charge in [-0.15, -0.1) is 11.8 Å². The van der Waals surface area contributed by atoms with Crippen LogP contribution in [0.2, 0.25) is 0 Å². The number of hydrogen-bond donors (Lipinski definition) is 4. The van der Waals surface area contributed by atoms with Gasteiger partial charge in [0.15, 0.2) is 0 Å². The van der Waals surface area contributed by atoms with E-state index in [0.29, 0.717) is 0 Å². The van der Waals surface area contributed by atoms with Crippen LogP contribution in [0.25, 0.3) is 10.9 Å². The molecule has 29 heavy (non-hydrogen) atoms. The van der Waals surface area contributed by atoms with Crippen LogP contribution in [0.5, 0.6) is 0 Å². The van der Waals surface area contributed by atoms with Crippen LogP contribution in [0.4, 0.5) is 0 Å². The summed E-state index contributed by atoms with van der Waals surface area (Å²) < 4.78 is 1.97. The van der Waals surface area contributed by atoms with Crippen LogP contribution in [-0.2, 0) is 12.8 Å². The Morgan fingerprint density at radius 2 is 1.59 bits per heavy atom. The average molecular weight is 414 g/mol. The number of para-hydroxylation sites is 1. The molecular formula is C23H27NO4S. The number of aliphatic hydroxyl groups excluding tert-OH is 4. The minimum Gasteiger partial charge on any atom is -0.395 e. The van der Waals surface area contributed by atoms with Crippen LogP contribution >= 0.6 is 11.8 Å². The van der Waals surface area contributed by atoms with Gasteiger partial charge in [0.25, 0.3) is 0 Å². The van der Waals surface area contributed by atoms with Gasteiger partial charge in [0.05, 0.1) is 18.0 Å². The second-order valence-electron chi connectivity index (χ2n) is 7.65. The number of aliphatic hydroxyl groups is 4. The Hall–Kier alpha value is -1.83. The van der Waals surface area contributed by atoms with Gasteiger partial charge >= 0.3 is 0 Å². The quantitative estimate of drug-likeness (QED) is 0.516. The third-order valence-corrected chi connectivity index (χ3v) is 7.35. The Balaban J connectivity index is 1.72. The van der Waals surface area contributed by atoms with Crippen molar-refractivity contribution in [2.75, 3.05) is 6.61 Å². The maximum atomic E-state index is 10.7. The van der Waals surface area contributed by atoms with Gasteiger partial charge in [-0.3, -0.25) is 0 Å². The Morgan fingerprint density at radius 3 is 2.28 bits per heavy atom. The van der Waals surface area contributed by atoms with Gasteiger partial charge in [-0.25, -0.2) is 0 Å². The maximum Gasteiger partial charge on any atom is 0.112 e. The second kappa shape index (κ2) is 8.50. The molecule has 4 N–H and O–H groups in total. The number of fused-ring (bicyclic) bond motifs is 1. The highest BCUT2D eigenvalue weighted by Crippen LogP contribution is 2.42. The van der Waals surface area contributed by atoms with Crippen molar-refractivity contribution in [1.29, 1.82) is 0 Å². The first-order valence-electron chi connectivity index (χ1n) is 10.00. The van der Waals surface area contributed by atoms with Gasteiger partial charge in [0.2, 0.25) is 0 Å². The third-order valence-electron chi connectivity index (χ3n) is 5.79. The van der Waals surface area contributed by atoms with E-state index in [4.69, 9.17) is 0 Å². The molecule has 1 aromatic heterocycles. The highest BCUT2D eigenvalue weighted by molar-refractivity contribution is 8.00. The predicted octanol–water partition coefficient (Wildman–Crippen LogP) is 2.48. The molecule has 0 spiro atoms. The maximum absolute atomic E-state index is 10.7. The molecule has 4 rings (SSSR count). The van der Waals surface area contributed by atoms with Gasteiger partial charge in [-0.2, -0.15) is 0 Å². The first-order chi connectivity index (χ1) is 14.0. The minimum absolute atomic E-state index is 0.262. The van der Waals surface area contributed by atoms with Crippen molar-refractivity contribution < 1.29 is 20.4 Å². The average Bonchev–Trinajstić information content (AvgIpc) is 3.11. The van der Waals surface area contributed by atoms with Gasteiger partial charge in [0.1, 0.15) is 17.6 Å². The third kappa shape index (κ3) is 3.83. The lowest BCUT2D eigenvalue weighted by atomic mass is 10.0. The van der Waals surface area contributed by atoms with Crippen molar-refractivity contribution >= 4 is 22.7 Å². The van der Waals surface area contributed by atoms with E-state index in [1.807, 2.05) is 29.0 Å². The Kier molecular flexibility index (Phi) is 5.99. The lowest BCUT2D eigenvalue weighted by Gasteiger charge is -2.40. The zero-order chi connectivity index (χ0) is 20.5. The number of aromatic nitrogens is 1. The molecule has 6 heteroatoms. The van der Waals surface area contributed by atoms with Gasteiger partial charge in [-0.1, -0.05) is 49.4 Å². The lowest BCUT2D eigenvalue weighted by Crippen LogP contribution is -2.52. The smallest absolute Gasteiger partial charge is 0.112 e. The van der Waals surface area contributed by atoms with E-state index >= 15 is 0 Å². The first-order valence-corrected chi connectivity index (χ1v) is 10.9. The Labute approximate surface area is 174 Å². The fraction of sp³-hybridized carbons (Fsp3) is 0.391. The predicted molar refractivity (Wildman–Crippen MR) is 116 cm³/mol. The van der Waals surface area contributed by atoms with Gasteiger partial charge in [0, 0.05) is 17.1 Å². The molecule has 0 bridgehead atoms. The van der Waals surface area contributed by atoms with Crippen molar-refractivity contribution in [3.05, 3.63) is 71.4 Å².